The molecule has 0 unspecified atom stereocenters. The number of thiophene rings is 1. The minimum absolute atomic E-state index is 0.359. The zero-order valence-electron chi connectivity index (χ0n) is 12.7. The van der Waals surface area contributed by atoms with Crippen molar-refractivity contribution in [2.75, 3.05) is 7.11 Å². The Hall–Kier alpha value is -2.99. The summed E-state index contributed by atoms with van der Waals surface area (Å²) in [6.45, 7) is 0. The molecule has 0 N–H and O–H groups in total. The van der Waals surface area contributed by atoms with E-state index in [9.17, 15) is 4.79 Å². The van der Waals surface area contributed by atoms with Gasteiger partial charge in [-0.3, -0.25) is 0 Å². The number of hydrogen-bond donors (Lipinski definition) is 0. The maximum Gasteiger partial charge on any atom is 0.341 e. The largest absolute Gasteiger partial charge is 0.465 e. The van der Waals surface area contributed by atoms with Crippen molar-refractivity contribution < 1.29 is 14.3 Å². The molecule has 0 amide bonds. The quantitative estimate of drug-likeness (QED) is 0.518. The maximum absolute atomic E-state index is 12.1. The van der Waals surface area contributed by atoms with Gasteiger partial charge in [0.1, 0.15) is 22.5 Å². The molecule has 24 heavy (non-hydrogen) atoms. The van der Waals surface area contributed by atoms with E-state index >= 15 is 0 Å². The molecule has 0 atom stereocenters. The topological polar surface area (TPSA) is 61.3 Å². The number of aromatic nitrogens is 2. The average Bonchev–Trinajstić information content (AvgIpc) is 3.10. The van der Waals surface area contributed by atoms with Crippen LogP contribution in [0.2, 0.25) is 0 Å². The monoisotopic (exact) mass is 336 g/mol. The van der Waals surface area contributed by atoms with E-state index < -0.39 is 5.97 Å². The Labute approximate surface area is 141 Å². The first-order valence-corrected chi connectivity index (χ1v) is 8.11. The Kier molecular flexibility index (Phi) is 3.59. The van der Waals surface area contributed by atoms with E-state index in [0.717, 1.165) is 21.0 Å². The van der Waals surface area contributed by atoms with Crippen molar-refractivity contribution in [3.05, 3.63) is 59.7 Å². The number of hydrogen-bond acceptors (Lipinski definition) is 6. The summed E-state index contributed by atoms with van der Waals surface area (Å²) >= 11 is 1.51. The molecule has 118 valence electrons. The van der Waals surface area contributed by atoms with E-state index in [1.807, 2.05) is 41.8 Å². The number of carbonyl (C=O) groups excluding carboxylic acids is 1. The fraction of sp³-hybridized carbons (Fsp3) is 0.0556. The van der Waals surface area contributed by atoms with Crippen molar-refractivity contribution in [3.63, 3.8) is 0 Å². The smallest absolute Gasteiger partial charge is 0.341 e. The van der Waals surface area contributed by atoms with Gasteiger partial charge >= 0.3 is 5.97 Å². The van der Waals surface area contributed by atoms with Crippen molar-refractivity contribution in [2.24, 2.45) is 0 Å². The third kappa shape index (κ3) is 2.47. The van der Waals surface area contributed by atoms with Gasteiger partial charge in [0, 0.05) is 0 Å². The Balaban J connectivity index is 1.88. The van der Waals surface area contributed by atoms with Gasteiger partial charge in [-0.1, -0.05) is 24.3 Å². The normalized spacial score (nSPS) is 10.9. The SMILES string of the molecule is COC(=O)c1cc2ccccc2cc1Oc1ncnc2sccc12. The predicted octanol–water partition coefficient (Wildman–Crippen LogP) is 4.42. The summed E-state index contributed by atoms with van der Waals surface area (Å²) in [5.41, 5.74) is 0.359. The molecule has 0 fully saturated rings. The lowest BCUT2D eigenvalue weighted by atomic mass is 10.1. The van der Waals surface area contributed by atoms with Gasteiger partial charge in [-0.2, -0.15) is 0 Å². The van der Waals surface area contributed by atoms with Gasteiger partial charge in [0.05, 0.1) is 12.5 Å². The summed E-state index contributed by atoms with van der Waals surface area (Å²) in [6, 6.07) is 13.2. The molecule has 5 nitrogen and oxygen atoms in total. The van der Waals surface area contributed by atoms with Crippen molar-refractivity contribution >= 4 is 38.3 Å². The van der Waals surface area contributed by atoms with Gasteiger partial charge in [-0.05, 0) is 34.4 Å². The van der Waals surface area contributed by atoms with Crippen LogP contribution < -0.4 is 4.74 Å². The van der Waals surface area contributed by atoms with E-state index in [-0.39, 0.29) is 0 Å². The third-order valence-electron chi connectivity index (χ3n) is 3.69. The van der Waals surface area contributed by atoms with Crippen LogP contribution in [0.15, 0.2) is 54.2 Å². The highest BCUT2D eigenvalue weighted by molar-refractivity contribution is 7.16. The number of methoxy groups -OCH3 is 1. The van der Waals surface area contributed by atoms with Crippen LogP contribution in [-0.4, -0.2) is 23.0 Å². The molecule has 0 radical (unpaired) electrons. The van der Waals surface area contributed by atoms with Crippen molar-refractivity contribution in [2.45, 2.75) is 0 Å². The van der Waals surface area contributed by atoms with Gasteiger partial charge in [0.25, 0.3) is 0 Å². The highest BCUT2D eigenvalue weighted by Gasteiger charge is 2.17. The van der Waals surface area contributed by atoms with Crippen molar-refractivity contribution in [3.8, 4) is 11.6 Å². The maximum atomic E-state index is 12.1. The number of ether oxygens (including phenoxy) is 2. The molecule has 0 saturated heterocycles. The minimum atomic E-state index is -0.452. The minimum Gasteiger partial charge on any atom is -0.465 e. The van der Waals surface area contributed by atoms with Crippen LogP contribution in [0.4, 0.5) is 0 Å². The number of benzene rings is 2. The van der Waals surface area contributed by atoms with Crippen LogP contribution in [-0.2, 0) is 4.74 Å². The number of nitrogens with zero attached hydrogens (tertiary/aromatic N) is 2. The molecule has 4 aromatic rings. The summed E-state index contributed by atoms with van der Waals surface area (Å²) in [5.74, 6) is 0.375. The Morgan fingerprint density at radius 1 is 1.08 bits per heavy atom. The van der Waals surface area contributed by atoms with Crippen LogP contribution in [0.5, 0.6) is 11.6 Å². The van der Waals surface area contributed by atoms with E-state index in [0.29, 0.717) is 17.2 Å². The molecular weight excluding hydrogens is 324 g/mol. The van der Waals surface area contributed by atoms with E-state index in [1.165, 1.54) is 24.8 Å². The molecule has 0 aliphatic rings. The van der Waals surface area contributed by atoms with E-state index in [2.05, 4.69) is 9.97 Å². The standard InChI is InChI=1S/C18H12N2O3S/c1-22-18(21)14-8-11-4-2-3-5-12(11)9-15(14)23-16-13-6-7-24-17(13)20-10-19-16/h2-10H,1H3. The zero-order chi connectivity index (χ0) is 16.5. The second kappa shape index (κ2) is 5.90. The van der Waals surface area contributed by atoms with Crippen LogP contribution in [0.1, 0.15) is 10.4 Å². The van der Waals surface area contributed by atoms with E-state index in [4.69, 9.17) is 9.47 Å². The molecule has 0 aliphatic heterocycles. The second-order valence-corrected chi connectivity index (χ2v) is 6.00. The van der Waals surface area contributed by atoms with Crippen LogP contribution in [0.3, 0.4) is 0 Å². The summed E-state index contributed by atoms with van der Waals surface area (Å²) in [7, 11) is 1.35. The molecule has 0 spiro atoms. The fourth-order valence-corrected chi connectivity index (χ4v) is 3.25. The third-order valence-corrected chi connectivity index (χ3v) is 4.51. The highest BCUT2D eigenvalue weighted by atomic mass is 32.1. The zero-order valence-corrected chi connectivity index (χ0v) is 13.5. The Morgan fingerprint density at radius 2 is 1.88 bits per heavy atom. The first-order chi connectivity index (χ1) is 11.8. The molecular formula is C18H12N2O3S. The number of esters is 1. The van der Waals surface area contributed by atoms with Gasteiger partial charge in [-0.15, -0.1) is 11.3 Å². The first-order valence-electron chi connectivity index (χ1n) is 7.23. The summed E-state index contributed by atoms with van der Waals surface area (Å²) in [4.78, 5) is 21.4. The summed E-state index contributed by atoms with van der Waals surface area (Å²) in [6.07, 6.45) is 1.45. The molecule has 6 heteroatoms. The lowest BCUT2D eigenvalue weighted by Crippen LogP contribution is -2.04. The van der Waals surface area contributed by atoms with Gasteiger partial charge in [-0.25, -0.2) is 14.8 Å². The predicted molar refractivity (Wildman–Crippen MR) is 92.8 cm³/mol. The van der Waals surface area contributed by atoms with Crippen LogP contribution in [0.25, 0.3) is 21.0 Å². The van der Waals surface area contributed by atoms with Crippen LogP contribution in [0, 0.1) is 0 Å². The lowest BCUT2D eigenvalue weighted by molar-refractivity contribution is 0.0598. The van der Waals surface area contributed by atoms with Gasteiger partial charge in [0.2, 0.25) is 5.88 Å². The number of rotatable bonds is 3. The van der Waals surface area contributed by atoms with E-state index in [1.54, 1.807) is 6.07 Å². The van der Waals surface area contributed by atoms with Gasteiger partial charge in [0.15, 0.2) is 0 Å². The second-order valence-electron chi connectivity index (χ2n) is 5.11. The number of fused-ring (bicyclic) bond motifs is 2. The lowest BCUT2D eigenvalue weighted by Gasteiger charge is -2.11. The van der Waals surface area contributed by atoms with Crippen LogP contribution >= 0.6 is 11.3 Å². The Bertz CT molecular complexity index is 1060. The summed E-state index contributed by atoms with van der Waals surface area (Å²) < 4.78 is 10.9. The molecule has 0 bridgehead atoms. The molecule has 4 rings (SSSR count). The fourth-order valence-electron chi connectivity index (χ4n) is 2.53. The Morgan fingerprint density at radius 3 is 2.67 bits per heavy atom. The first kappa shape index (κ1) is 14.6. The average molecular weight is 336 g/mol. The van der Waals surface area contributed by atoms with Gasteiger partial charge < -0.3 is 9.47 Å². The molecule has 2 aromatic carbocycles. The molecule has 2 heterocycles. The highest BCUT2D eigenvalue weighted by Crippen LogP contribution is 2.33. The molecule has 0 saturated carbocycles. The van der Waals surface area contributed by atoms with Crippen molar-refractivity contribution in [1.29, 1.82) is 0 Å². The van der Waals surface area contributed by atoms with Crippen molar-refractivity contribution in [1.82, 2.24) is 9.97 Å². The molecule has 0 aliphatic carbocycles. The summed E-state index contributed by atoms with van der Waals surface area (Å²) in [5, 5.41) is 4.64. The molecule has 2 aromatic heterocycles. The number of carbonyl (C=O) groups is 1.